The van der Waals surface area contributed by atoms with E-state index >= 15 is 0 Å². The van der Waals surface area contributed by atoms with Crippen molar-refractivity contribution < 1.29 is 14.3 Å². The Hall–Kier alpha value is -1.38. The lowest BCUT2D eigenvalue weighted by Gasteiger charge is -2.19. The normalized spacial score (nSPS) is 11.5. The third kappa shape index (κ3) is 2.55. The predicted octanol–water partition coefficient (Wildman–Crippen LogP) is 2.79. The molecule has 0 bridgehead atoms. The summed E-state index contributed by atoms with van der Waals surface area (Å²) in [6.45, 7) is 4.86. The van der Waals surface area contributed by atoms with Crippen LogP contribution in [0.5, 0.6) is 0 Å². The van der Waals surface area contributed by atoms with Gasteiger partial charge in [0.1, 0.15) is 5.82 Å². The highest BCUT2D eigenvalue weighted by Crippen LogP contribution is 2.24. The van der Waals surface area contributed by atoms with Gasteiger partial charge in [0, 0.05) is 0 Å². The number of aryl methyl sites for hydroxylation is 1. The van der Waals surface area contributed by atoms with Crippen molar-refractivity contribution in [2.24, 2.45) is 5.41 Å². The van der Waals surface area contributed by atoms with E-state index in [0.717, 1.165) is 0 Å². The fraction of sp³-hybridized carbons (Fsp3) is 0.417. The molecular weight excluding hydrogens is 195 g/mol. The van der Waals surface area contributed by atoms with Crippen LogP contribution in [0.1, 0.15) is 25.0 Å². The lowest BCUT2D eigenvalue weighted by Crippen LogP contribution is -2.26. The Kier molecular flexibility index (Phi) is 3.12. The molecule has 3 heteroatoms. The van der Waals surface area contributed by atoms with E-state index < -0.39 is 11.4 Å². The van der Waals surface area contributed by atoms with Gasteiger partial charge < -0.3 is 5.11 Å². The smallest absolute Gasteiger partial charge is 0.309 e. The maximum absolute atomic E-state index is 13.6. The van der Waals surface area contributed by atoms with E-state index in [1.165, 1.54) is 0 Å². The molecule has 2 nitrogen and oxygen atoms in total. The molecule has 1 aromatic rings. The molecule has 1 aromatic carbocycles. The molecule has 0 atom stereocenters. The largest absolute Gasteiger partial charge is 0.481 e. The molecule has 0 saturated heterocycles. The number of carboxylic acids is 1. The first-order valence-corrected chi connectivity index (χ1v) is 4.82. The van der Waals surface area contributed by atoms with Crippen molar-refractivity contribution in [1.29, 1.82) is 0 Å². The Balaban J connectivity index is 3.00. The number of rotatable bonds is 3. The fourth-order valence-corrected chi connectivity index (χ4v) is 1.40. The predicted molar refractivity (Wildman–Crippen MR) is 56.3 cm³/mol. The van der Waals surface area contributed by atoms with E-state index in [2.05, 4.69) is 0 Å². The van der Waals surface area contributed by atoms with E-state index in [4.69, 9.17) is 5.11 Å². The first-order chi connectivity index (χ1) is 6.84. The summed E-state index contributed by atoms with van der Waals surface area (Å²) in [5.74, 6) is -1.21. The Morgan fingerprint density at radius 3 is 2.60 bits per heavy atom. The molecule has 0 aliphatic rings. The third-order valence-corrected chi connectivity index (χ3v) is 2.48. The van der Waals surface area contributed by atoms with Gasteiger partial charge in [-0.05, 0) is 38.3 Å². The molecule has 0 aromatic heterocycles. The standard InChI is InChI=1S/C12H15FO2/c1-8-5-4-6-9(10(8)13)7-12(2,3)11(14)15/h4-6H,7H2,1-3H3,(H,14,15). The zero-order chi connectivity index (χ0) is 11.6. The van der Waals surface area contributed by atoms with E-state index in [9.17, 15) is 9.18 Å². The van der Waals surface area contributed by atoms with Crippen LogP contribution in [-0.4, -0.2) is 11.1 Å². The van der Waals surface area contributed by atoms with Gasteiger partial charge in [-0.25, -0.2) is 4.39 Å². The van der Waals surface area contributed by atoms with Gasteiger partial charge in [0.05, 0.1) is 5.41 Å². The summed E-state index contributed by atoms with van der Waals surface area (Å²) in [5, 5.41) is 8.94. The molecule has 0 aliphatic heterocycles. The summed E-state index contributed by atoms with van der Waals surface area (Å²) in [7, 11) is 0. The van der Waals surface area contributed by atoms with Gasteiger partial charge >= 0.3 is 5.97 Å². The van der Waals surface area contributed by atoms with Crippen LogP contribution in [0.3, 0.4) is 0 Å². The van der Waals surface area contributed by atoms with Crippen molar-refractivity contribution in [1.82, 2.24) is 0 Å². The highest BCUT2D eigenvalue weighted by molar-refractivity contribution is 5.74. The van der Waals surface area contributed by atoms with E-state index in [-0.39, 0.29) is 12.2 Å². The molecule has 0 aliphatic carbocycles. The minimum Gasteiger partial charge on any atom is -0.481 e. The van der Waals surface area contributed by atoms with Crippen molar-refractivity contribution >= 4 is 5.97 Å². The zero-order valence-electron chi connectivity index (χ0n) is 9.17. The lowest BCUT2D eigenvalue weighted by atomic mass is 9.85. The molecule has 0 unspecified atom stereocenters. The van der Waals surface area contributed by atoms with Gasteiger partial charge in [-0.2, -0.15) is 0 Å². The summed E-state index contributed by atoms with van der Waals surface area (Å²) < 4.78 is 13.6. The van der Waals surface area contributed by atoms with Gasteiger partial charge in [0.25, 0.3) is 0 Å². The summed E-state index contributed by atoms with van der Waals surface area (Å²) in [6, 6.07) is 5.05. The highest BCUT2D eigenvalue weighted by atomic mass is 19.1. The van der Waals surface area contributed by atoms with E-state index in [1.54, 1.807) is 39.0 Å². The monoisotopic (exact) mass is 210 g/mol. The molecule has 1 rings (SSSR count). The minimum atomic E-state index is -0.936. The van der Waals surface area contributed by atoms with Gasteiger partial charge in [0.2, 0.25) is 0 Å². The number of carbonyl (C=O) groups is 1. The maximum Gasteiger partial charge on any atom is 0.309 e. The maximum atomic E-state index is 13.6. The Bertz CT molecular complexity index is 383. The zero-order valence-corrected chi connectivity index (χ0v) is 9.17. The first kappa shape index (κ1) is 11.7. The SMILES string of the molecule is Cc1cccc(CC(C)(C)C(=O)O)c1F. The lowest BCUT2D eigenvalue weighted by molar-refractivity contribution is -0.146. The van der Waals surface area contributed by atoms with Crippen LogP contribution in [0.2, 0.25) is 0 Å². The van der Waals surface area contributed by atoms with Crippen LogP contribution in [0.4, 0.5) is 4.39 Å². The summed E-state index contributed by atoms with van der Waals surface area (Å²) in [4.78, 5) is 10.9. The Morgan fingerprint density at radius 2 is 2.07 bits per heavy atom. The fourth-order valence-electron chi connectivity index (χ4n) is 1.40. The van der Waals surface area contributed by atoms with Crippen molar-refractivity contribution in [2.75, 3.05) is 0 Å². The topological polar surface area (TPSA) is 37.3 Å². The van der Waals surface area contributed by atoms with Crippen molar-refractivity contribution in [3.05, 3.63) is 35.1 Å². The second-order valence-electron chi connectivity index (χ2n) is 4.41. The number of carboxylic acid groups (broad SMARTS) is 1. The molecular formula is C12H15FO2. The molecule has 0 fully saturated rings. The van der Waals surface area contributed by atoms with Crippen LogP contribution in [0.15, 0.2) is 18.2 Å². The van der Waals surface area contributed by atoms with Gasteiger partial charge in [0.15, 0.2) is 0 Å². The number of hydrogen-bond donors (Lipinski definition) is 1. The Labute approximate surface area is 88.7 Å². The minimum absolute atomic E-state index is 0.204. The number of halogens is 1. The third-order valence-electron chi connectivity index (χ3n) is 2.48. The number of hydrogen-bond acceptors (Lipinski definition) is 1. The van der Waals surface area contributed by atoms with Crippen LogP contribution in [-0.2, 0) is 11.2 Å². The highest BCUT2D eigenvalue weighted by Gasteiger charge is 2.28. The molecule has 1 N–H and O–H groups in total. The van der Waals surface area contributed by atoms with Crippen LogP contribution in [0.25, 0.3) is 0 Å². The van der Waals surface area contributed by atoms with Crippen molar-refractivity contribution in [3.63, 3.8) is 0 Å². The summed E-state index contributed by atoms with van der Waals surface area (Å²) in [5.41, 5.74) is 0.0744. The molecule has 82 valence electrons. The summed E-state index contributed by atoms with van der Waals surface area (Å²) >= 11 is 0. The summed E-state index contributed by atoms with van der Waals surface area (Å²) in [6.07, 6.45) is 0.204. The van der Waals surface area contributed by atoms with E-state index in [0.29, 0.717) is 11.1 Å². The number of benzene rings is 1. The first-order valence-electron chi connectivity index (χ1n) is 4.82. The second-order valence-corrected chi connectivity index (χ2v) is 4.41. The van der Waals surface area contributed by atoms with Gasteiger partial charge in [-0.1, -0.05) is 18.2 Å². The van der Waals surface area contributed by atoms with E-state index in [1.807, 2.05) is 0 Å². The molecule has 15 heavy (non-hydrogen) atoms. The van der Waals surface area contributed by atoms with Crippen LogP contribution < -0.4 is 0 Å². The van der Waals surface area contributed by atoms with Crippen molar-refractivity contribution in [3.8, 4) is 0 Å². The quantitative estimate of drug-likeness (QED) is 0.832. The van der Waals surface area contributed by atoms with Gasteiger partial charge in [-0.15, -0.1) is 0 Å². The average Bonchev–Trinajstić information content (AvgIpc) is 2.12. The van der Waals surface area contributed by atoms with Crippen LogP contribution in [0, 0.1) is 18.2 Å². The molecule has 0 heterocycles. The van der Waals surface area contributed by atoms with Crippen molar-refractivity contribution in [2.45, 2.75) is 27.2 Å². The van der Waals surface area contributed by atoms with Gasteiger partial charge in [-0.3, -0.25) is 4.79 Å². The van der Waals surface area contributed by atoms with Crippen LogP contribution >= 0.6 is 0 Å². The molecule has 0 spiro atoms. The average molecular weight is 210 g/mol. The second kappa shape index (κ2) is 4.01. The Morgan fingerprint density at radius 1 is 1.47 bits per heavy atom. The number of aliphatic carboxylic acids is 1. The molecule has 0 saturated carbocycles. The molecule has 0 amide bonds. The molecule has 0 radical (unpaired) electrons.